The Kier molecular flexibility index (Phi) is 5.11. The second kappa shape index (κ2) is 7.96. The van der Waals surface area contributed by atoms with E-state index in [1.54, 1.807) is 27.8 Å². The number of benzene rings is 1. The number of anilines is 1. The number of carbonyl (C=O) groups excluding carboxylic acids is 2. The Morgan fingerprint density at radius 2 is 1.88 bits per heavy atom. The number of ether oxygens (including phenoxy) is 1. The fourth-order valence-electron chi connectivity index (χ4n) is 5.04. The maximum atomic E-state index is 13.5. The van der Waals surface area contributed by atoms with E-state index in [0.717, 1.165) is 36.3 Å². The van der Waals surface area contributed by atoms with Gasteiger partial charge in [-0.25, -0.2) is 9.48 Å². The minimum absolute atomic E-state index is 0.0217. The van der Waals surface area contributed by atoms with Crippen molar-refractivity contribution in [1.29, 1.82) is 0 Å². The number of urea groups is 1. The average molecular weight is 437 g/mol. The van der Waals surface area contributed by atoms with Crippen molar-refractivity contribution in [3.8, 4) is 11.4 Å². The molecule has 1 aromatic heterocycles. The molecular formula is C23H28N6O3. The molecule has 3 amide bonds. The van der Waals surface area contributed by atoms with Crippen LogP contribution in [-0.4, -0.2) is 76.2 Å². The number of hydrogen-bond acceptors (Lipinski definition) is 5. The van der Waals surface area contributed by atoms with Gasteiger partial charge >= 0.3 is 6.03 Å². The Morgan fingerprint density at radius 3 is 2.56 bits per heavy atom. The van der Waals surface area contributed by atoms with Crippen LogP contribution in [0.25, 0.3) is 5.69 Å². The first kappa shape index (κ1) is 20.5. The number of amides is 3. The number of piperidine rings is 1. The summed E-state index contributed by atoms with van der Waals surface area (Å²) in [6, 6.07) is 7.57. The number of rotatable bonds is 4. The highest BCUT2D eigenvalue weighted by Crippen LogP contribution is 2.34. The summed E-state index contributed by atoms with van der Waals surface area (Å²) >= 11 is 0. The summed E-state index contributed by atoms with van der Waals surface area (Å²) in [7, 11) is 1.62. The largest absolute Gasteiger partial charge is 0.497 e. The molecule has 9 heteroatoms. The maximum Gasteiger partial charge on any atom is 0.331 e. The molecule has 1 aromatic carbocycles. The second-order valence-electron chi connectivity index (χ2n) is 8.65. The molecule has 0 radical (unpaired) electrons. The summed E-state index contributed by atoms with van der Waals surface area (Å²) in [6.07, 6.45) is 4.83. The lowest BCUT2D eigenvalue weighted by atomic mass is 9.97. The van der Waals surface area contributed by atoms with Gasteiger partial charge in [-0.05, 0) is 57.4 Å². The summed E-state index contributed by atoms with van der Waals surface area (Å²) in [5, 5.41) is 4.57. The number of fused-ring (bicyclic) bond motifs is 3. The fraction of sp³-hybridized carbons (Fsp3) is 0.478. The molecule has 9 nitrogen and oxygen atoms in total. The molecule has 1 saturated heterocycles. The highest BCUT2D eigenvalue weighted by molar-refractivity contribution is 6.20. The topological polar surface area (TPSA) is 83.3 Å². The predicted molar refractivity (Wildman–Crippen MR) is 121 cm³/mol. The van der Waals surface area contributed by atoms with Crippen LogP contribution in [0.4, 0.5) is 10.6 Å². The molecule has 0 spiro atoms. The standard InChI is InChI=1S/C23H28N6O3/c1-15-5-4-6-16(2)28(15)20(30)14-27-22-19(21-24-11-12-26(21)23(27)31)13-25-29(22)17-7-9-18(32-3)10-8-17/h7-10,13,15-16H,4-6,11-12,14H2,1-3H3. The van der Waals surface area contributed by atoms with Crippen LogP contribution in [0.15, 0.2) is 35.5 Å². The molecule has 4 heterocycles. The number of carbonyl (C=O) groups is 2. The molecular weight excluding hydrogens is 408 g/mol. The molecule has 2 unspecified atom stereocenters. The summed E-state index contributed by atoms with van der Waals surface area (Å²) in [5.41, 5.74) is 1.55. The summed E-state index contributed by atoms with van der Waals surface area (Å²) < 4.78 is 6.97. The molecule has 3 aliphatic rings. The van der Waals surface area contributed by atoms with E-state index in [0.29, 0.717) is 24.7 Å². The fourth-order valence-corrected chi connectivity index (χ4v) is 5.04. The van der Waals surface area contributed by atoms with Crippen molar-refractivity contribution in [3.63, 3.8) is 0 Å². The Morgan fingerprint density at radius 1 is 1.16 bits per heavy atom. The van der Waals surface area contributed by atoms with Crippen molar-refractivity contribution >= 4 is 23.6 Å². The van der Waals surface area contributed by atoms with Gasteiger partial charge in [-0.2, -0.15) is 5.10 Å². The molecule has 0 N–H and O–H groups in total. The molecule has 1 fully saturated rings. The molecule has 2 atom stereocenters. The smallest absolute Gasteiger partial charge is 0.331 e. The van der Waals surface area contributed by atoms with Gasteiger partial charge in [0.1, 0.15) is 18.1 Å². The Hall–Kier alpha value is -3.36. The van der Waals surface area contributed by atoms with Crippen LogP contribution >= 0.6 is 0 Å². The number of hydrogen-bond donors (Lipinski definition) is 0. The maximum absolute atomic E-state index is 13.5. The van der Waals surface area contributed by atoms with Crippen molar-refractivity contribution in [3.05, 3.63) is 36.0 Å². The molecule has 0 saturated carbocycles. The molecule has 5 rings (SSSR count). The molecule has 32 heavy (non-hydrogen) atoms. The monoisotopic (exact) mass is 436 g/mol. The lowest BCUT2D eigenvalue weighted by Gasteiger charge is -2.41. The van der Waals surface area contributed by atoms with Crippen LogP contribution in [0.1, 0.15) is 38.7 Å². The first-order valence-corrected chi connectivity index (χ1v) is 11.2. The van der Waals surface area contributed by atoms with Gasteiger partial charge in [-0.3, -0.25) is 19.6 Å². The first-order valence-electron chi connectivity index (χ1n) is 11.2. The number of likely N-dealkylation sites (tertiary alicyclic amines) is 1. The Bertz CT molecular complexity index is 1070. The zero-order valence-electron chi connectivity index (χ0n) is 18.7. The predicted octanol–water partition coefficient (Wildman–Crippen LogP) is 2.67. The Balaban J connectivity index is 1.54. The molecule has 0 bridgehead atoms. The summed E-state index contributed by atoms with van der Waals surface area (Å²) in [5.74, 6) is 1.92. The van der Waals surface area contributed by atoms with E-state index >= 15 is 0 Å². The number of amidine groups is 1. The van der Waals surface area contributed by atoms with Gasteiger partial charge in [0.25, 0.3) is 0 Å². The lowest BCUT2D eigenvalue weighted by Crippen LogP contribution is -2.56. The number of nitrogens with zero attached hydrogens (tertiary/aromatic N) is 6. The van der Waals surface area contributed by atoms with Crippen LogP contribution in [0.3, 0.4) is 0 Å². The van der Waals surface area contributed by atoms with Gasteiger partial charge in [-0.1, -0.05) is 0 Å². The zero-order valence-corrected chi connectivity index (χ0v) is 18.7. The van der Waals surface area contributed by atoms with Gasteiger partial charge < -0.3 is 9.64 Å². The van der Waals surface area contributed by atoms with E-state index in [9.17, 15) is 9.59 Å². The Labute approximate surface area is 187 Å². The quantitative estimate of drug-likeness (QED) is 0.738. The minimum atomic E-state index is -0.227. The second-order valence-corrected chi connectivity index (χ2v) is 8.65. The van der Waals surface area contributed by atoms with Gasteiger partial charge in [0.15, 0.2) is 5.82 Å². The first-order chi connectivity index (χ1) is 15.5. The van der Waals surface area contributed by atoms with Crippen molar-refractivity contribution in [2.75, 3.05) is 31.6 Å². The van der Waals surface area contributed by atoms with E-state index < -0.39 is 0 Å². The number of methoxy groups -OCH3 is 1. The van der Waals surface area contributed by atoms with Gasteiger partial charge in [0.05, 0.1) is 31.1 Å². The van der Waals surface area contributed by atoms with E-state index in [1.807, 2.05) is 29.2 Å². The van der Waals surface area contributed by atoms with E-state index in [2.05, 4.69) is 23.9 Å². The van der Waals surface area contributed by atoms with Gasteiger partial charge in [-0.15, -0.1) is 0 Å². The van der Waals surface area contributed by atoms with Crippen LogP contribution in [0.2, 0.25) is 0 Å². The average Bonchev–Trinajstić information content (AvgIpc) is 3.44. The van der Waals surface area contributed by atoms with E-state index in [-0.39, 0.29) is 30.6 Å². The van der Waals surface area contributed by atoms with Crippen molar-refractivity contribution in [1.82, 2.24) is 19.6 Å². The number of aromatic nitrogens is 2. The van der Waals surface area contributed by atoms with Crippen LogP contribution < -0.4 is 9.64 Å². The normalized spacial score (nSPS) is 22.5. The van der Waals surface area contributed by atoms with Crippen LogP contribution in [-0.2, 0) is 4.79 Å². The minimum Gasteiger partial charge on any atom is -0.497 e. The van der Waals surface area contributed by atoms with E-state index in [4.69, 9.17) is 4.74 Å². The third kappa shape index (κ3) is 3.23. The van der Waals surface area contributed by atoms with Crippen molar-refractivity contribution in [2.24, 2.45) is 4.99 Å². The third-order valence-corrected chi connectivity index (χ3v) is 6.63. The molecule has 0 aliphatic carbocycles. The summed E-state index contributed by atoms with van der Waals surface area (Å²) in [4.78, 5) is 36.6. The highest BCUT2D eigenvalue weighted by atomic mass is 16.5. The van der Waals surface area contributed by atoms with Gasteiger partial charge in [0, 0.05) is 18.6 Å². The molecule has 2 aromatic rings. The SMILES string of the molecule is COc1ccc(-n2ncc3c2N(CC(=O)N2C(C)CCCC2C)C(=O)N2CCN=C32)cc1. The zero-order chi connectivity index (χ0) is 22.4. The number of aliphatic imine (C=N–C) groups is 1. The van der Waals surface area contributed by atoms with Crippen LogP contribution in [0.5, 0.6) is 5.75 Å². The third-order valence-electron chi connectivity index (χ3n) is 6.63. The van der Waals surface area contributed by atoms with Gasteiger partial charge in [0.2, 0.25) is 5.91 Å². The van der Waals surface area contributed by atoms with Crippen LogP contribution in [0, 0.1) is 0 Å². The molecule has 168 valence electrons. The van der Waals surface area contributed by atoms with E-state index in [1.165, 1.54) is 0 Å². The lowest BCUT2D eigenvalue weighted by molar-refractivity contribution is -0.135. The molecule has 3 aliphatic heterocycles. The highest BCUT2D eigenvalue weighted by Gasteiger charge is 2.42. The van der Waals surface area contributed by atoms with Crippen molar-refractivity contribution in [2.45, 2.75) is 45.2 Å². The van der Waals surface area contributed by atoms with Crippen molar-refractivity contribution < 1.29 is 14.3 Å². The summed E-state index contributed by atoms with van der Waals surface area (Å²) in [6.45, 7) is 5.22.